The molecule has 1 amide bonds. The number of aliphatic hydroxyl groups is 1. The number of aryl methyl sites for hydroxylation is 1. The van der Waals surface area contributed by atoms with E-state index in [1.807, 2.05) is 6.07 Å². The molecular weight excluding hydrogens is 428 g/mol. The van der Waals surface area contributed by atoms with Crippen LogP contribution in [0.25, 0.3) is 0 Å². The summed E-state index contributed by atoms with van der Waals surface area (Å²) in [6.07, 6.45) is 2.47. The first-order valence-electron chi connectivity index (χ1n) is 10.4. The number of carbonyl (C=O) groups excluding carboxylic acids is 2. The number of hydrogen-bond donors (Lipinski definition) is 1. The Bertz CT molecular complexity index is 1160. The van der Waals surface area contributed by atoms with Crippen LogP contribution in [0.5, 0.6) is 5.75 Å². The van der Waals surface area contributed by atoms with Crippen LogP contribution in [0.15, 0.2) is 63.7 Å². The van der Waals surface area contributed by atoms with E-state index in [9.17, 15) is 14.7 Å². The number of carbonyl (C=O) groups is 2. The maximum absolute atomic E-state index is 13.3. The normalized spacial score (nSPS) is 16.3. The van der Waals surface area contributed by atoms with Crippen LogP contribution >= 0.6 is 11.3 Å². The summed E-state index contributed by atoms with van der Waals surface area (Å²) in [7, 11) is 0. The van der Waals surface area contributed by atoms with Gasteiger partial charge in [0.15, 0.2) is 16.7 Å². The molecule has 0 spiro atoms. The molecule has 3 aromatic rings. The highest BCUT2D eigenvalue weighted by Crippen LogP contribution is 2.43. The van der Waals surface area contributed by atoms with Crippen molar-refractivity contribution in [1.82, 2.24) is 4.98 Å². The van der Waals surface area contributed by atoms with Gasteiger partial charge in [-0.3, -0.25) is 14.5 Å². The van der Waals surface area contributed by atoms with Gasteiger partial charge < -0.3 is 14.3 Å². The molecule has 1 N–H and O–H groups in total. The Labute approximate surface area is 190 Å². The van der Waals surface area contributed by atoms with Crippen LogP contribution in [0, 0.1) is 12.8 Å². The molecule has 0 unspecified atom stereocenters. The fraction of sp³-hybridized carbons (Fsp3) is 0.292. The summed E-state index contributed by atoms with van der Waals surface area (Å²) in [5.74, 6) is -0.0651. The average molecular weight is 453 g/mol. The fourth-order valence-corrected chi connectivity index (χ4v) is 4.23. The Kier molecular flexibility index (Phi) is 6.14. The Morgan fingerprint density at radius 3 is 2.78 bits per heavy atom. The van der Waals surface area contributed by atoms with Gasteiger partial charge >= 0.3 is 0 Å². The quantitative estimate of drug-likeness (QED) is 0.469. The molecule has 4 rings (SSSR count). The molecule has 166 valence electrons. The predicted molar refractivity (Wildman–Crippen MR) is 121 cm³/mol. The van der Waals surface area contributed by atoms with Gasteiger partial charge in [-0.05, 0) is 49.1 Å². The van der Waals surface area contributed by atoms with Crippen molar-refractivity contribution in [3.63, 3.8) is 0 Å². The van der Waals surface area contributed by atoms with Crippen molar-refractivity contribution < 1.29 is 23.8 Å². The first kappa shape index (κ1) is 21.8. The van der Waals surface area contributed by atoms with E-state index in [-0.39, 0.29) is 11.3 Å². The zero-order valence-electron chi connectivity index (χ0n) is 18.1. The monoisotopic (exact) mass is 452 g/mol. The smallest absolute Gasteiger partial charge is 0.296 e. The molecule has 1 aliphatic rings. The second kappa shape index (κ2) is 9.00. The number of aliphatic hydroxyl groups excluding tert-OH is 1. The van der Waals surface area contributed by atoms with Gasteiger partial charge in [0, 0.05) is 11.6 Å². The molecule has 0 saturated carbocycles. The topological polar surface area (TPSA) is 92.9 Å². The Morgan fingerprint density at radius 2 is 2.12 bits per heavy atom. The third-order valence-electron chi connectivity index (χ3n) is 5.18. The van der Waals surface area contributed by atoms with E-state index in [4.69, 9.17) is 9.15 Å². The molecule has 0 radical (unpaired) electrons. The summed E-state index contributed by atoms with van der Waals surface area (Å²) in [4.78, 5) is 31.9. The Balaban J connectivity index is 1.76. The van der Waals surface area contributed by atoms with Gasteiger partial charge in [0.1, 0.15) is 11.5 Å². The number of aromatic nitrogens is 1. The highest BCUT2D eigenvalue weighted by Gasteiger charge is 2.46. The van der Waals surface area contributed by atoms with Crippen LogP contribution in [0.1, 0.15) is 48.2 Å². The summed E-state index contributed by atoms with van der Waals surface area (Å²) in [6.45, 7) is 6.52. The zero-order chi connectivity index (χ0) is 22.8. The number of Topliss-reactive ketones (excluding diaryl/α,β-unsaturated/α-hetero) is 1. The molecule has 8 heteroatoms. The minimum absolute atomic E-state index is 0.0427. The van der Waals surface area contributed by atoms with E-state index in [1.165, 1.54) is 22.3 Å². The molecule has 2 aromatic heterocycles. The van der Waals surface area contributed by atoms with Gasteiger partial charge in [0.25, 0.3) is 5.91 Å². The van der Waals surface area contributed by atoms with Crippen LogP contribution in [0.2, 0.25) is 0 Å². The molecular formula is C24H24N2O5S. The second-order valence-electron chi connectivity index (χ2n) is 8.00. The molecule has 0 fully saturated rings. The fourth-order valence-electron chi connectivity index (χ4n) is 3.56. The number of rotatable bonds is 8. The van der Waals surface area contributed by atoms with Crippen LogP contribution in [0.3, 0.4) is 0 Å². The third-order valence-corrected chi connectivity index (χ3v) is 5.95. The van der Waals surface area contributed by atoms with Crippen molar-refractivity contribution in [2.24, 2.45) is 5.92 Å². The van der Waals surface area contributed by atoms with Crippen molar-refractivity contribution in [2.45, 2.75) is 33.2 Å². The third kappa shape index (κ3) is 4.18. The van der Waals surface area contributed by atoms with Crippen LogP contribution in [0.4, 0.5) is 5.13 Å². The highest BCUT2D eigenvalue weighted by molar-refractivity contribution is 7.13. The predicted octanol–water partition coefficient (Wildman–Crippen LogP) is 5.25. The number of thiazole rings is 1. The van der Waals surface area contributed by atoms with E-state index >= 15 is 0 Å². The Hall–Kier alpha value is -3.39. The van der Waals surface area contributed by atoms with Gasteiger partial charge in [-0.2, -0.15) is 0 Å². The van der Waals surface area contributed by atoms with Gasteiger partial charge in [-0.15, -0.1) is 11.3 Å². The first-order valence-corrected chi connectivity index (χ1v) is 11.2. The number of anilines is 1. The number of ketones is 1. The minimum atomic E-state index is -0.861. The highest BCUT2D eigenvalue weighted by atomic mass is 32.1. The Morgan fingerprint density at radius 1 is 1.31 bits per heavy atom. The lowest BCUT2D eigenvalue weighted by Gasteiger charge is -2.24. The lowest BCUT2D eigenvalue weighted by molar-refractivity contribution is -0.117. The molecule has 7 nitrogen and oxygen atoms in total. The largest absolute Gasteiger partial charge is 0.503 e. The first-order chi connectivity index (χ1) is 15.4. The van der Waals surface area contributed by atoms with Crippen LogP contribution in [-0.4, -0.2) is 28.4 Å². The summed E-state index contributed by atoms with van der Waals surface area (Å²) in [6, 6.07) is 9.56. The summed E-state index contributed by atoms with van der Waals surface area (Å²) < 4.78 is 11.4. The molecule has 1 aromatic carbocycles. The van der Waals surface area contributed by atoms with Crippen molar-refractivity contribution in [2.75, 3.05) is 11.5 Å². The van der Waals surface area contributed by atoms with Crippen molar-refractivity contribution >= 4 is 28.2 Å². The van der Waals surface area contributed by atoms with Crippen molar-refractivity contribution in [3.05, 3.63) is 76.4 Å². The molecule has 0 saturated heterocycles. The molecule has 0 bridgehead atoms. The summed E-state index contributed by atoms with van der Waals surface area (Å²) >= 11 is 1.25. The van der Waals surface area contributed by atoms with Gasteiger partial charge in [-0.1, -0.05) is 26.0 Å². The molecule has 1 atom stereocenters. The molecule has 32 heavy (non-hydrogen) atoms. The summed E-state index contributed by atoms with van der Waals surface area (Å²) in [5.41, 5.74) is 0.588. The standard InChI is InChI=1S/C24H24N2O5S/c1-14(2)9-11-30-17-6-4-5-16(13-17)20-19(21(27)18-8-7-15(3)31-18)22(28)23(29)26(20)24-25-10-12-32-24/h4-8,10,12-14,20,28H,9,11H2,1-3H3/t20-/m1/s1. The zero-order valence-corrected chi connectivity index (χ0v) is 18.9. The van der Waals surface area contributed by atoms with Crippen LogP contribution in [-0.2, 0) is 4.79 Å². The lowest BCUT2D eigenvalue weighted by atomic mass is 9.95. The number of furan rings is 1. The van der Waals surface area contributed by atoms with E-state index in [2.05, 4.69) is 18.8 Å². The number of nitrogens with zero attached hydrogens (tertiary/aromatic N) is 2. The summed E-state index contributed by atoms with van der Waals surface area (Å²) in [5, 5.41) is 12.9. The van der Waals surface area contributed by atoms with E-state index in [0.29, 0.717) is 34.7 Å². The molecule has 1 aliphatic heterocycles. The lowest BCUT2D eigenvalue weighted by Crippen LogP contribution is -2.31. The van der Waals surface area contributed by atoms with E-state index < -0.39 is 23.5 Å². The number of hydrogen-bond acceptors (Lipinski definition) is 7. The molecule has 3 heterocycles. The molecule has 0 aliphatic carbocycles. The SMILES string of the molecule is Cc1ccc(C(=O)C2=C(O)C(=O)N(c3nccs3)[C@@H]2c2cccc(OCCC(C)C)c2)o1. The van der Waals surface area contributed by atoms with Crippen molar-refractivity contribution in [3.8, 4) is 5.75 Å². The number of amides is 1. The van der Waals surface area contributed by atoms with Gasteiger partial charge in [0.05, 0.1) is 18.2 Å². The van der Waals surface area contributed by atoms with E-state index in [1.54, 1.807) is 42.8 Å². The average Bonchev–Trinajstić information content (AvgIpc) is 3.49. The number of benzene rings is 1. The van der Waals surface area contributed by atoms with E-state index in [0.717, 1.165) is 6.42 Å². The van der Waals surface area contributed by atoms with Gasteiger partial charge in [0.2, 0.25) is 5.78 Å². The second-order valence-corrected chi connectivity index (χ2v) is 8.87. The number of ether oxygens (including phenoxy) is 1. The van der Waals surface area contributed by atoms with Gasteiger partial charge in [-0.25, -0.2) is 4.98 Å². The minimum Gasteiger partial charge on any atom is -0.503 e. The van der Waals surface area contributed by atoms with Crippen LogP contribution < -0.4 is 9.64 Å². The maximum atomic E-state index is 13.3. The maximum Gasteiger partial charge on any atom is 0.296 e. The van der Waals surface area contributed by atoms with Crippen molar-refractivity contribution in [1.29, 1.82) is 0 Å².